The van der Waals surface area contributed by atoms with Gasteiger partial charge in [0.15, 0.2) is 11.5 Å². The summed E-state index contributed by atoms with van der Waals surface area (Å²) in [7, 11) is 4.58. The average molecular weight is 428 g/mol. The van der Waals surface area contributed by atoms with Crippen molar-refractivity contribution in [2.45, 2.75) is 5.16 Å². The predicted octanol–water partition coefficient (Wildman–Crippen LogP) is 1.93. The van der Waals surface area contributed by atoms with Gasteiger partial charge in [-0.2, -0.15) is 9.78 Å². The van der Waals surface area contributed by atoms with Gasteiger partial charge in [-0.05, 0) is 34.7 Å². The third-order valence-electron chi connectivity index (χ3n) is 3.86. The minimum Gasteiger partial charge on any atom is -0.493 e. The Hall–Kier alpha value is -3.60. The lowest BCUT2D eigenvalue weighted by Crippen LogP contribution is -2.20. The van der Waals surface area contributed by atoms with Crippen LogP contribution in [0.15, 0.2) is 52.7 Å². The third kappa shape index (κ3) is 5.06. The van der Waals surface area contributed by atoms with Crippen molar-refractivity contribution in [2.24, 2.45) is 5.10 Å². The number of aromatic nitrogens is 4. The van der Waals surface area contributed by atoms with Crippen LogP contribution >= 0.6 is 11.8 Å². The van der Waals surface area contributed by atoms with Crippen molar-refractivity contribution in [3.8, 4) is 22.9 Å². The highest BCUT2D eigenvalue weighted by Gasteiger charge is 2.13. The maximum Gasteiger partial charge on any atom is 0.250 e. The molecule has 3 aromatic rings. The number of nitrogens with one attached hydrogen (secondary N) is 1. The molecule has 0 spiro atoms. The standard InChI is InChI=1S/C19H20N6O4S/c1-27-15-9-13(10-16(28-2)18(15)29-3)11-20-21-17(26)12-30-19-22-23-24-25(19)14-7-5-4-6-8-14/h4-11H,12H2,1-3H3,(H,21,26). The molecule has 1 amide bonds. The van der Waals surface area contributed by atoms with E-state index in [2.05, 4.69) is 26.1 Å². The van der Waals surface area contributed by atoms with Crippen LogP contribution in [0.2, 0.25) is 0 Å². The predicted molar refractivity (Wildman–Crippen MR) is 112 cm³/mol. The number of ether oxygens (including phenoxy) is 3. The Morgan fingerprint density at radius 1 is 1.13 bits per heavy atom. The van der Waals surface area contributed by atoms with Gasteiger partial charge in [-0.15, -0.1) is 5.10 Å². The van der Waals surface area contributed by atoms with Crippen molar-refractivity contribution in [1.82, 2.24) is 25.6 Å². The lowest BCUT2D eigenvalue weighted by Gasteiger charge is -2.12. The Balaban J connectivity index is 1.59. The number of carbonyl (C=O) groups is 1. The fourth-order valence-electron chi connectivity index (χ4n) is 2.52. The second-order valence-corrected chi connectivity index (χ2v) is 6.69. The van der Waals surface area contributed by atoms with Crippen molar-refractivity contribution < 1.29 is 19.0 Å². The Morgan fingerprint density at radius 3 is 2.47 bits per heavy atom. The molecule has 156 valence electrons. The molecule has 3 rings (SSSR count). The number of hydrazone groups is 1. The van der Waals surface area contributed by atoms with Crippen LogP contribution in [0.5, 0.6) is 17.2 Å². The molecule has 0 aliphatic carbocycles. The maximum absolute atomic E-state index is 12.1. The Bertz CT molecular complexity index is 1000. The second kappa shape index (κ2) is 10.3. The zero-order valence-electron chi connectivity index (χ0n) is 16.6. The van der Waals surface area contributed by atoms with E-state index in [4.69, 9.17) is 14.2 Å². The topological polar surface area (TPSA) is 113 Å². The summed E-state index contributed by atoms with van der Waals surface area (Å²) >= 11 is 1.20. The van der Waals surface area contributed by atoms with E-state index in [0.29, 0.717) is 28.0 Å². The van der Waals surface area contributed by atoms with E-state index in [1.54, 1.807) is 16.8 Å². The summed E-state index contributed by atoms with van der Waals surface area (Å²) in [6.07, 6.45) is 1.49. The number of rotatable bonds is 9. The Labute approximate surface area is 177 Å². The van der Waals surface area contributed by atoms with Gasteiger partial charge in [0.1, 0.15) is 0 Å². The molecular weight excluding hydrogens is 408 g/mol. The van der Waals surface area contributed by atoms with Crippen LogP contribution in [-0.4, -0.2) is 59.4 Å². The number of methoxy groups -OCH3 is 3. The summed E-state index contributed by atoms with van der Waals surface area (Å²) < 4.78 is 17.4. The van der Waals surface area contributed by atoms with E-state index in [1.807, 2.05) is 30.3 Å². The van der Waals surface area contributed by atoms with Gasteiger partial charge in [-0.1, -0.05) is 30.0 Å². The van der Waals surface area contributed by atoms with Gasteiger partial charge in [-0.25, -0.2) is 5.43 Å². The number of tetrazole rings is 1. The third-order valence-corrected chi connectivity index (χ3v) is 4.78. The van der Waals surface area contributed by atoms with E-state index in [-0.39, 0.29) is 11.7 Å². The number of hydrogen-bond acceptors (Lipinski definition) is 9. The van der Waals surface area contributed by atoms with Gasteiger partial charge >= 0.3 is 0 Å². The van der Waals surface area contributed by atoms with Crippen LogP contribution in [0.1, 0.15) is 5.56 Å². The van der Waals surface area contributed by atoms with Crippen molar-refractivity contribution in [1.29, 1.82) is 0 Å². The van der Waals surface area contributed by atoms with E-state index >= 15 is 0 Å². The minimum absolute atomic E-state index is 0.0970. The van der Waals surface area contributed by atoms with Crippen molar-refractivity contribution in [3.63, 3.8) is 0 Å². The lowest BCUT2D eigenvalue weighted by molar-refractivity contribution is -0.118. The molecule has 0 aliphatic heterocycles. The highest BCUT2D eigenvalue weighted by molar-refractivity contribution is 7.99. The molecule has 0 fully saturated rings. The summed E-state index contributed by atoms with van der Waals surface area (Å²) in [5.74, 6) is 1.26. The molecule has 0 aliphatic rings. The SMILES string of the molecule is COc1cc(C=NNC(=O)CSc2nnnn2-c2ccccc2)cc(OC)c1OC. The zero-order valence-corrected chi connectivity index (χ0v) is 17.4. The molecule has 0 saturated heterocycles. The minimum atomic E-state index is -0.300. The fraction of sp³-hybridized carbons (Fsp3) is 0.211. The van der Waals surface area contributed by atoms with Gasteiger partial charge in [-0.3, -0.25) is 4.79 Å². The van der Waals surface area contributed by atoms with Crippen LogP contribution < -0.4 is 19.6 Å². The van der Waals surface area contributed by atoms with Gasteiger partial charge in [0, 0.05) is 5.56 Å². The number of para-hydroxylation sites is 1. The largest absolute Gasteiger partial charge is 0.493 e. The van der Waals surface area contributed by atoms with Gasteiger partial charge in [0.05, 0.1) is 39.0 Å². The molecule has 0 saturated carbocycles. The zero-order chi connectivity index (χ0) is 21.3. The summed E-state index contributed by atoms with van der Waals surface area (Å²) in [6.45, 7) is 0. The van der Waals surface area contributed by atoms with E-state index in [9.17, 15) is 4.79 Å². The quantitative estimate of drug-likeness (QED) is 0.313. The lowest BCUT2D eigenvalue weighted by atomic mass is 10.2. The summed E-state index contributed by atoms with van der Waals surface area (Å²) in [5, 5.41) is 16.1. The molecule has 1 heterocycles. The molecule has 10 nitrogen and oxygen atoms in total. The fourth-order valence-corrected chi connectivity index (χ4v) is 3.20. The second-order valence-electron chi connectivity index (χ2n) is 5.75. The molecule has 2 aromatic carbocycles. The van der Waals surface area contributed by atoms with Crippen LogP contribution in [0.25, 0.3) is 5.69 Å². The molecule has 11 heteroatoms. The number of carbonyl (C=O) groups excluding carboxylic acids is 1. The van der Waals surface area contributed by atoms with Gasteiger partial charge in [0.2, 0.25) is 10.9 Å². The molecule has 1 aromatic heterocycles. The Morgan fingerprint density at radius 2 is 1.83 bits per heavy atom. The molecule has 0 radical (unpaired) electrons. The number of benzene rings is 2. The van der Waals surface area contributed by atoms with E-state index in [1.165, 1.54) is 39.3 Å². The van der Waals surface area contributed by atoms with E-state index < -0.39 is 0 Å². The number of amides is 1. The molecule has 0 bridgehead atoms. The van der Waals surface area contributed by atoms with Crippen LogP contribution in [0.3, 0.4) is 0 Å². The molecule has 0 unspecified atom stereocenters. The summed E-state index contributed by atoms with van der Waals surface area (Å²) in [4.78, 5) is 12.1. The average Bonchev–Trinajstić information content (AvgIpc) is 3.26. The first kappa shape index (κ1) is 21.1. The summed E-state index contributed by atoms with van der Waals surface area (Å²) in [6, 6.07) is 12.9. The van der Waals surface area contributed by atoms with Crippen molar-refractivity contribution in [3.05, 3.63) is 48.0 Å². The Kier molecular flexibility index (Phi) is 7.22. The molecule has 0 atom stereocenters. The van der Waals surface area contributed by atoms with E-state index in [0.717, 1.165) is 5.69 Å². The molecule has 30 heavy (non-hydrogen) atoms. The highest BCUT2D eigenvalue weighted by atomic mass is 32.2. The maximum atomic E-state index is 12.1. The van der Waals surface area contributed by atoms with Crippen LogP contribution in [0, 0.1) is 0 Å². The first-order chi connectivity index (χ1) is 14.7. The first-order valence-electron chi connectivity index (χ1n) is 8.74. The van der Waals surface area contributed by atoms with Crippen LogP contribution in [-0.2, 0) is 4.79 Å². The molecular formula is C19H20N6O4S. The van der Waals surface area contributed by atoms with Gasteiger partial charge < -0.3 is 14.2 Å². The van der Waals surface area contributed by atoms with Gasteiger partial charge in [0.25, 0.3) is 5.91 Å². The smallest absolute Gasteiger partial charge is 0.250 e. The monoisotopic (exact) mass is 428 g/mol. The highest BCUT2D eigenvalue weighted by Crippen LogP contribution is 2.37. The number of thioether (sulfide) groups is 1. The summed E-state index contributed by atoms with van der Waals surface area (Å²) in [5.41, 5.74) is 3.96. The normalized spacial score (nSPS) is 10.8. The molecule has 1 N–H and O–H groups in total. The van der Waals surface area contributed by atoms with Crippen molar-refractivity contribution >= 4 is 23.9 Å². The van der Waals surface area contributed by atoms with Crippen molar-refractivity contribution in [2.75, 3.05) is 27.1 Å². The number of nitrogens with zero attached hydrogens (tertiary/aromatic N) is 5. The number of hydrogen-bond donors (Lipinski definition) is 1. The van der Waals surface area contributed by atoms with Crippen LogP contribution in [0.4, 0.5) is 0 Å². The first-order valence-corrected chi connectivity index (χ1v) is 9.73.